The first kappa shape index (κ1) is 62.8. The minimum absolute atomic E-state index is 0.0132. The second-order valence-corrected chi connectivity index (χ2v) is 20.5. The van der Waals surface area contributed by atoms with Crippen molar-refractivity contribution in [2.24, 2.45) is 11.5 Å². The zero-order valence-electron chi connectivity index (χ0n) is 42.2. The first-order valence-electron chi connectivity index (χ1n) is 23.9. The maximum atomic E-state index is 14.3. The molecule has 78 heavy (non-hydrogen) atoms. The molecule has 4 rings (SSSR count). The summed E-state index contributed by atoms with van der Waals surface area (Å²) in [6.07, 6.45) is 2.78. The molecule has 0 aliphatic carbocycles. The van der Waals surface area contributed by atoms with Gasteiger partial charge in [0, 0.05) is 36.4 Å². The molecule has 0 aliphatic heterocycles. The molecule has 422 valence electrons. The molecule has 0 aliphatic rings. The highest BCUT2D eigenvalue weighted by Gasteiger charge is 2.34. The molecule has 0 radical (unpaired) electrons. The zero-order chi connectivity index (χ0) is 57.5. The molecule has 0 unspecified atom stereocenters. The number of carboxylic acid groups (broad SMARTS) is 2. The van der Waals surface area contributed by atoms with Gasteiger partial charge in [-0.25, -0.2) is 0 Å². The smallest absolute Gasteiger partial charge is 0.446 e. The van der Waals surface area contributed by atoms with Gasteiger partial charge in [-0.1, -0.05) is 60.7 Å². The highest BCUT2D eigenvalue weighted by atomic mass is 32.3. The van der Waals surface area contributed by atoms with Crippen molar-refractivity contribution in [2.45, 2.75) is 87.2 Å². The molecule has 1 heterocycles. The highest BCUT2D eigenvalue weighted by molar-refractivity contribution is 7.98. The number of benzene rings is 3. The number of thioether (sulfide) groups is 2. The van der Waals surface area contributed by atoms with Gasteiger partial charge >= 0.3 is 22.3 Å². The van der Waals surface area contributed by atoms with Crippen molar-refractivity contribution in [2.75, 3.05) is 30.6 Å². The van der Waals surface area contributed by atoms with E-state index in [0.29, 0.717) is 33.3 Å². The number of hydrogen-bond acceptors (Lipinski definition) is 16. The van der Waals surface area contributed by atoms with Crippen LogP contribution in [0.25, 0.3) is 10.9 Å². The molecular weight excluding hydrogens is 1080 g/mol. The Morgan fingerprint density at radius 3 is 1.65 bits per heavy atom. The summed E-state index contributed by atoms with van der Waals surface area (Å²) < 4.78 is 35.8. The van der Waals surface area contributed by atoms with Gasteiger partial charge in [0.25, 0.3) is 0 Å². The number of H-pyrrole nitrogens is 1. The van der Waals surface area contributed by atoms with Gasteiger partial charge in [-0.05, 0) is 71.7 Å². The third-order valence-electron chi connectivity index (χ3n) is 11.5. The standard InChI is InChI=1S/C49H62N10O16S3/c1-76-18-16-34(55-47(69)37(58-44(66)32(50)23-41(61)62)21-28-12-14-30(15-13-28)75-78(72,73)74)45(67)53-26-40(60)54-38(22-29-25-52-33-11-7-6-10-31(29)33)48(70)56-35(17-19-77-2)46(68)59-39(24-42(63)64)49(71)57-36(43(51)65)20-27-8-4-3-5-9-27/h3-15,25,32,34-39,52H,16-24,26,50H2,1-2H3,(H2,51,65)(H,53,67)(H,54,60)(H,55,69)(H,56,70)(H,57,71)(H,58,66)(H,59,68)(H,61,62)(H,63,64)(H,72,73,74)/t32-,34-,35-,36-,37+,38-,39-/m0/s1. The number of aromatic nitrogens is 1. The number of rotatable bonds is 33. The van der Waals surface area contributed by atoms with Crippen molar-refractivity contribution in [3.8, 4) is 5.75 Å². The fourth-order valence-electron chi connectivity index (χ4n) is 7.63. The third kappa shape index (κ3) is 21.4. The molecule has 7 atom stereocenters. The minimum atomic E-state index is -4.87. The van der Waals surface area contributed by atoms with Crippen LogP contribution in [0, 0.1) is 0 Å². The number of carbonyl (C=O) groups excluding carboxylic acids is 8. The van der Waals surface area contributed by atoms with Crippen molar-refractivity contribution in [3.05, 3.63) is 102 Å². The Hall–Kier alpha value is -7.73. The van der Waals surface area contributed by atoms with Gasteiger partial charge in [0.05, 0.1) is 25.4 Å². The van der Waals surface area contributed by atoms with Gasteiger partial charge in [-0.3, -0.25) is 52.5 Å². The van der Waals surface area contributed by atoms with E-state index in [1.165, 1.54) is 35.7 Å². The summed E-state index contributed by atoms with van der Waals surface area (Å²) in [6.45, 7) is -0.761. The lowest BCUT2D eigenvalue weighted by molar-refractivity contribution is -0.141. The first-order chi connectivity index (χ1) is 37.0. The Bertz CT molecular complexity index is 2880. The van der Waals surface area contributed by atoms with Crippen LogP contribution in [0.2, 0.25) is 0 Å². The SMILES string of the molecule is CSCC[C@H](NC(=O)[C@H](Cc1c[nH]c2ccccc12)NC(=O)CNC(=O)[C@H](CCSC)NC(=O)[C@@H](Cc1ccc(OS(=O)(=O)O)cc1)NC(=O)[C@@H](N)CC(=O)O)C(=O)N[C@@H](CC(=O)O)C(=O)N[C@@H](Cc1ccccc1)C(N)=O. The van der Waals surface area contributed by atoms with Crippen LogP contribution >= 0.6 is 23.5 Å². The molecule has 8 amide bonds. The Kier molecular flexibility index (Phi) is 24.9. The quantitative estimate of drug-likeness (QED) is 0.0246. The van der Waals surface area contributed by atoms with Crippen molar-refractivity contribution in [3.63, 3.8) is 0 Å². The lowest BCUT2D eigenvalue weighted by atomic mass is 10.0. The van der Waals surface area contributed by atoms with Gasteiger partial charge in [-0.2, -0.15) is 31.9 Å². The van der Waals surface area contributed by atoms with Crippen molar-refractivity contribution in [1.29, 1.82) is 0 Å². The molecule has 0 spiro atoms. The van der Waals surface area contributed by atoms with Gasteiger partial charge in [0.15, 0.2) is 0 Å². The van der Waals surface area contributed by atoms with E-state index >= 15 is 0 Å². The highest BCUT2D eigenvalue weighted by Crippen LogP contribution is 2.20. The minimum Gasteiger partial charge on any atom is -0.481 e. The fourth-order valence-corrected chi connectivity index (χ4v) is 8.92. The van der Waals surface area contributed by atoms with Gasteiger partial charge < -0.3 is 68.1 Å². The molecule has 0 saturated heterocycles. The number of para-hydroxylation sites is 1. The van der Waals surface area contributed by atoms with Crippen LogP contribution in [-0.4, -0.2) is 160 Å². The Labute approximate surface area is 456 Å². The number of fused-ring (bicyclic) bond motifs is 1. The molecule has 26 nitrogen and oxygen atoms in total. The fraction of sp³-hybridized carbons (Fsp3) is 0.388. The Morgan fingerprint density at radius 1 is 0.590 bits per heavy atom. The van der Waals surface area contributed by atoms with E-state index in [0.717, 1.165) is 12.1 Å². The molecule has 4 aromatic rings. The summed E-state index contributed by atoms with van der Waals surface area (Å²) in [5.74, 6) is -10.2. The molecule has 0 bridgehead atoms. The average Bonchev–Trinajstić information content (AvgIpc) is 3.81. The zero-order valence-corrected chi connectivity index (χ0v) is 44.7. The second kappa shape index (κ2) is 30.9. The first-order valence-corrected chi connectivity index (χ1v) is 28.0. The molecule has 15 N–H and O–H groups in total. The monoisotopic (exact) mass is 1140 g/mol. The van der Waals surface area contributed by atoms with Crippen LogP contribution < -0.4 is 52.9 Å². The number of primary amides is 1. The third-order valence-corrected chi connectivity index (χ3v) is 13.2. The summed E-state index contributed by atoms with van der Waals surface area (Å²) in [5.41, 5.74) is 13.5. The summed E-state index contributed by atoms with van der Waals surface area (Å²) in [6, 6.07) is 10.2. The van der Waals surface area contributed by atoms with Crippen LogP contribution in [0.3, 0.4) is 0 Å². The molecule has 1 aromatic heterocycles. The normalized spacial score (nSPS) is 13.9. The predicted octanol–water partition coefficient (Wildman–Crippen LogP) is -1.33. The van der Waals surface area contributed by atoms with E-state index in [9.17, 15) is 66.6 Å². The number of amides is 8. The summed E-state index contributed by atoms with van der Waals surface area (Å²) in [5, 5.41) is 37.0. The number of carbonyl (C=O) groups is 10. The number of aromatic amines is 1. The molecular formula is C49H62N10O16S3. The second-order valence-electron chi connectivity index (χ2n) is 17.5. The van der Waals surface area contributed by atoms with Crippen LogP contribution in [0.15, 0.2) is 85.1 Å². The number of aliphatic carboxylic acids is 2. The van der Waals surface area contributed by atoms with Crippen molar-refractivity contribution in [1.82, 2.24) is 42.2 Å². The Balaban J connectivity index is 1.54. The largest absolute Gasteiger partial charge is 0.481 e. The van der Waals surface area contributed by atoms with E-state index in [4.69, 9.17) is 16.0 Å². The topological polar surface area (TPSA) is 427 Å². The van der Waals surface area contributed by atoms with Crippen LogP contribution in [0.4, 0.5) is 0 Å². The lowest BCUT2D eigenvalue weighted by Gasteiger charge is -2.26. The summed E-state index contributed by atoms with van der Waals surface area (Å²) in [4.78, 5) is 135. The van der Waals surface area contributed by atoms with E-state index < -0.39 is 131 Å². The van der Waals surface area contributed by atoms with E-state index in [1.807, 2.05) is 0 Å². The average molecular weight is 1140 g/mol. The summed E-state index contributed by atoms with van der Waals surface area (Å²) in [7, 11) is -4.87. The van der Waals surface area contributed by atoms with E-state index in [1.54, 1.807) is 73.3 Å². The number of nitrogens with one attached hydrogen (secondary N) is 8. The maximum Gasteiger partial charge on any atom is 0.446 e. The van der Waals surface area contributed by atoms with E-state index in [2.05, 4.69) is 46.4 Å². The van der Waals surface area contributed by atoms with Crippen molar-refractivity contribution < 1.29 is 75.3 Å². The lowest BCUT2D eigenvalue weighted by Crippen LogP contribution is -2.59. The number of carboxylic acids is 2. The van der Waals surface area contributed by atoms with E-state index in [-0.39, 0.29) is 43.6 Å². The molecule has 0 saturated carbocycles. The molecule has 29 heteroatoms. The van der Waals surface area contributed by atoms with Crippen LogP contribution in [0.1, 0.15) is 42.4 Å². The Morgan fingerprint density at radius 2 is 1.08 bits per heavy atom. The number of nitrogens with two attached hydrogens (primary N) is 2. The predicted molar refractivity (Wildman–Crippen MR) is 287 cm³/mol. The van der Waals surface area contributed by atoms with Crippen LogP contribution in [0.5, 0.6) is 5.75 Å². The molecule has 3 aromatic carbocycles. The van der Waals surface area contributed by atoms with Crippen LogP contribution in [-0.2, 0) is 77.6 Å². The molecule has 0 fully saturated rings. The number of hydrogen-bond donors (Lipinski definition) is 13. The van der Waals surface area contributed by atoms with Gasteiger partial charge in [0.2, 0.25) is 47.3 Å². The van der Waals surface area contributed by atoms with Gasteiger partial charge in [-0.15, -0.1) is 0 Å². The van der Waals surface area contributed by atoms with Gasteiger partial charge in [0.1, 0.15) is 42.0 Å². The summed E-state index contributed by atoms with van der Waals surface area (Å²) >= 11 is 2.61. The maximum absolute atomic E-state index is 14.3. The van der Waals surface area contributed by atoms with Crippen molar-refractivity contribution >= 4 is 104 Å².